The molecular formula is C13H16BrNO5. The van der Waals surface area contributed by atoms with Crippen molar-refractivity contribution in [3.05, 3.63) is 28.2 Å². The molecule has 7 heteroatoms. The SMILES string of the molecule is COCC(C)(NC(=O)c1cc(OC)ccc1Br)C(=O)O. The fourth-order valence-electron chi connectivity index (χ4n) is 1.56. The van der Waals surface area contributed by atoms with Crippen molar-refractivity contribution in [3.8, 4) is 5.75 Å². The molecule has 0 saturated heterocycles. The molecule has 110 valence electrons. The Balaban J connectivity index is 3.03. The molecule has 6 nitrogen and oxygen atoms in total. The van der Waals surface area contributed by atoms with Gasteiger partial charge in [-0.3, -0.25) is 4.79 Å². The Labute approximate surface area is 125 Å². The fourth-order valence-corrected chi connectivity index (χ4v) is 1.99. The molecule has 2 N–H and O–H groups in total. The Morgan fingerprint density at radius 3 is 2.55 bits per heavy atom. The van der Waals surface area contributed by atoms with Crippen molar-refractivity contribution in [2.45, 2.75) is 12.5 Å². The fraction of sp³-hybridized carbons (Fsp3) is 0.385. The number of ether oxygens (including phenoxy) is 2. The van der Waals surface area contributed by atoms with E-state index in [1.807, 2.05) is 0 Å². The number of carbonyl (C=O) groups is 2. The van der Waals surface area contributed by atoms with Crippen LogP contribution < -0.4 is 10.1 Å². The third-order valence-electron chi connectivity index (χ3n) is 2.71. The Hall–Kier alpha value is -1.60. The van der Waals surface area contributed by atoms with Gasteiger partial charge in [0.1, 0.15) is 5.75 Å². The standard InChI is InChI=1S/C13H16BrNO5/c1-13(7-19-2,12(17)18)15-11(16)9-6-8(20-3)4-5-10(9)14/h4-6H,7H2,1-3H3,(H,15,16)(H,17,18). The monoisotopic (exact) mass is 345 g/mol. The summed E-state index contributed by atoms with van der Waals surface area (Å²) in [6.07, 6.45) is 0. The molecule has 0 aliphatic rings. The molecule has 1 aromatic rings. The lowest BCUT2D eigenvalue weighted by Crippen LogP contribution is -2.55. The maximum Gasteiger partial charge on any atom is 0.331 e. The highest BCUT2D eigenvalue weighted by molar-refractivity contribution is 9.10. The second-order valence-electron chi connectivity index (χ2n) is 4.37. The molecule has 0 radical (unpaired) electrons. The zero-order chi connectivity index (χ0) is 15.3. The van der Waals surface area contributed by atoms with Crippen LogP contribution in [0.3, 0.4) is 0 Å². The van der Waals surface area contributed by atoms with E-state index in [1.165, 1.54) is 27.2 Å². The van der Waals surface area contributed by atoms with Crippen LogP contribution in [0.15, 0.2) is 22.7 Å². The van der Waals surface area contributed by atoms with Crippen molar-refractivity contribution in [1.29, 1.82) is 0 Å². The summed E-state index contributed by atoms with van der Waals surface area (Å²) in [5.74, 6) is -1.20. The van der Waals surface area contributed by atoms with E-state index in [0.717, 1.165) is 0 Å². The van der Waals surface area contributed by atoms with E-state index >= 15 is 0 Å². The number of rotatable bonds is 6. The van der Waals surface area contributed by atoms with Gasteiger partial charge >= 0.3 is 5.97 Å². The van der Waals surface area contributed by atoms with Gasteiger partial charge in [-0.25, -0.2) is 4.79 Å². The van der Waals surface area contributed by atoms with Crippen LogP contribution in [0.4, 0.5) is 0 Å². The van der Waals surface area contributed by atoms with Gasteiger partial charge in [0.2, 0.25) is 0 Å². The molecule has 20 heavy (non-hydrogen) atoms. The molecule has 1 atom stereocenters. The average molecular weight is 346 g/mol. The van der Waals surface area contributed by atoms with Gasteiger partial charge in [-0.05, 0) is 41.1 Å². The minimum Gasteiger partial charge on any atom is -0.497 e. The minimum absolute atomic E-state index is 0.143. The quantitative estimate of drug-likeness (QED) is 0.819. The number of methoxy groups -OCH3 is 2. The van der Waals surface area contributed by atoms with E-state index < -0.39 is 17.4 Å². The Bertz CT molecular complexity index is 519. The third kappa shape index (κ3) is 3.71. The molecule has 0 heterocycles. The number of amides is 1. The van der Waals surface area contributed by atoms with Crippen molar-refractivity contribution < 1.29 is 24.2 Å². The van der Waals surface area contributed by atoms with Gasteiger partial charge in [-0.15, -0.1) is 0 Å². The number of aliphatic carboxylic acids is 1. The largest absolute Gasteiger partial charge is 0.497 e. The van der Waals surface area contributed by atoms with Crippen LogP contribution in [0.25, 0.3) is 0 Å². The maximum atomic E-state index is 12.2. The smallest absolute Gasteiger partial charge is 0.331 e. The predicted molar refractivity (Wildman–Crippen MR) is 76.1 cm³/mol. The molecule has 0 aliphatic heterocycles. The van der Waals surface area contributed by atoms with Gasteiger partial charge < -0.3 is 19.9 Å². The van der Waals surface area contributed by atoms with Crippen molar-refractivity contribution >= 4 is 27.8 Å². The highest BCUT2D eigenvalue weighted by atomic mass is 79.9. The third-order valence-corrected chi connectivity index (χ3v) is 3.40. The summed E-state index contributed by atoms with van der Waals surface area (Å²) in [5, 5.41) is 11.7. The lowest BCUT2D eigenvalue weighted by atomic mass is 10.0. The number of hydrogen-bond acceptors (Lipinski definition) is 4. The average Bonchev–Trinajstić information content (AvgIpc) is 2.39. The number of hydrogen-bond donors (Lipinski definition) is 2. The summed E-state index contributed by atoms with van der Waals surface area (Å²) in [6.45, 7) is 1.24. The summed E-state index contributed by atoms with van der Waals surface area (Å²) in [7, 11) is 2.85. The molecule has 1 unspecified atom stereocenters. The number of nitrogens with one attached hydrogen (secondary N) is 1. The van der Waals surface area contributed by atoms with Crippen LogP contribution in [0, 0.1) is 0 Å². The van der Waals surface area contributed by atoms with E-state index in [0.29, 0.717) is 10.2 Å². The molecule has 1 aromatic carbocycles. The molecular weight excluding hydrogens is 330 g/mol. The number of benzene rings is 1. The van der Waals surface area contributed by atoms with Crippen LogP contribution >= 0.6 is 15.9 Å². The van der Waals surface area contributed by atoms with Crippen molar-refractivity contribution in [1.82, 2.24) is 5.32 Å². The zero-order valence-corrected chi connectivity index (χ0v) is 13.0. The number of carboxylic acid groups (broad SMARTS) is 1. The first kappa shape index (κ1) is 16.5. The Morgan fingerprint density at radius 2 is 2.05 bits per heavy atom. The van der Waals surface area contributed by atoms with Gasteiger partial charge in [0.25, 0.3) is 5.91 Å². The zero-order valence-electron chi connectivity index (χ0n) is 11.4. The number of carboxylic acids is 1. The molecule has 1 rings (SSSR count). The lowest BCUT2D eigenvalue weighted by Gasteiger charge is -2.25. The summed E-state index contributed by atoms with van der Waals surface area (Å²) >= 11 is 3.25. The van der Waals surface area contributed by atoms with Gasteiger partial charge in [0, 0.05) is 11.6 Å². The van der Waals surface area contributed by atoms with E-state index in [1.54, 1.807) is 12.1 Å². The van der Waals surface area contributed by atoms with Gasteiger partial charge in [-0.2, -0.15) is 0 Å². The molecule has 1 amide bonds. The molecule has 0 bridgehead atoms. The normalized spacial score (nSPS) is 13.4. The Kier molecular flexibility index (Phi) is 5.52. The first-order chi connectivity index (χ1) is 9.34. The molecule has 0 fully saturated rings. The second kappa shape index (κ2) is 6.71. The van der Waals surface area contributed by atoms with E-state index in [9.17, 15) is 14.7 Å². The maximum absolute atomic E-state index is 12.2. The molecule has 0 aliphatic carbocycles. The Morgan fingerprint density at radius 1 is 1.40 bits per heavy atom. The van der Waals surface area contributed by atoms with Crippen LogP contribution in [-0.2, 0) is 9.53 Å². The predicted octanol–water partition coefficient (Wildman–Crippen LogP) is 1.68. The van der Waals surface area contributed by atoms with Crippen molar-refractivity contribution in [2.24, 2.45) is 0 Å². The lowest BCUT2D eigenvalue weighted by molar-refractivity contribution is -0.145. The number of carbonyl (C=O) groups excluding carboxylic acids is 1. The van der Waals surface area contributed by atoms with Crippen molar-refractivity contribution in [3.63, 3.8) is 0 Å². The summed E-state index contributed by atoms with van der Waals surface area (Å²) in [4.78, 5) is 23.5. The van der Waals surface area contributed by atoms with E-state index in [4.69, 9.17) is 9.47 Å². The van der Waals surface area contributed by atoms with Crippen molar-refractivity contribution in [2.75, 3.05) is 20.8 Å². The van der Waals surface area contributed by atoms with Crippen LogP contribution in [0.2, 0.25) is 0 Å². The van der Waals surface area contributed by atoms with Gasteiger partial charge in [0.05, 0.1) is 19.3 Å². The van der Waals surface area contributed by atoms with E-state index in [2.05, 4.69) is 21.2 Å². The molecule has 0 saturated carbocycles. The first-order valence-electron chi connectivity index (χ1n) is 5.72. The topological polar surface area (TPSA) is 84.9 Å². The molecule has 0 aromatic heterocycles. The number of halogens is 1. The first-order valence-corrected chi connectivity index (χ1v) is 6.51. The van der Waals surface area contributed by atoms with Crippen LogP contribution in [0.5, 0.6) is 5.75 Å². The van der Waals surface area contributed by atoms with Crippen LogP contribution in [-0.4, -0.2) is 43.3 Å². The minimum atomic E-state index is -1.51. The summed E-state index contributed by atoms with van der Waals surface area (Å²) in [5.41, 5.74) is -1.22. The van der Waals surface area contributed by atoms with E-state index in [-0.39, 0.29) is 12.2 Å². The highest BCUT2D eigenvalue weighted by Gasteiger charge is 2.35. The summed E-state index contributed by atoms with van der Waals surface area (Å²) in [6, 6.07) is 4.86. The highest BCUT2D eigenvalue weighted by Crippen LogP contribution is 2.23. The van der Waals surface area contributed by atoms with Crippen LogP contribution in [0.1, 0.15) is 17.3 Å². The molecule has 0 spiro atoms. The second-order valence-corrected chi connectivity index (χ2v) is 5.22. The van der Waals surface area contributed by atoms with Gasteiger partial charge in [0.15, 0.2) is 5.54 Å². The van der Waals surface area contributed by atoms with Gasteiger partial charge in [-0.1, -0.05) is 0 Å². The summed E-state index contributed by atoms with van der Waals surface area (Å²) < 4.78 is 10.4.